The van der Waals surface area contributed by atoms with Crippen LogP contribution < -0.4 is 0 Å². The molecule has 0 aliphatic carbocycles. The first kappa shape index (κ1) is 13.1. The maximum Gasteiger partial charge on any atom is 0.337 e. The van der Waals surface area contributed by atoms with Gasteiger partial charge in [-0.05, 0) is 50.5 Å². The number of methoxy groups -OCH3 is 1. The van der Waals surface area contributed by atoms with Gasteiger partial charge in [-0.15, -0.1) is 0 Å². The molecule has 2 rings (SSSR count). The van der Waals surface area contributed by atoms with Crippen molar-refractivity contribution in [2.45, 2.75) is 39.3 Å². The molecule has 0 amide bonds. The number of esters is 1. The van der Waals surface area contributed by atoms with E-state index in [2.05, 4.69) is 31.7 Å². The monoisotopic (exact) mass is 247 g/mol. The zero-order valence-corrected chi connectivity index (χ0v) is 11.6. The zero-order valence-electron chi connectivity index (χ0n) is 11.6. The molecule has 0 fully saturated rings. The van der Waals surface area contributed by atoms with E-state index in [1.165, 1.54) is 18.2 Å². The summed E-state index contributed by atoms with van der Waals surface area (Å²) in [5.41, 5.74) is 3.45. The first-order valence-corrected chi connectivity index (χ1v) is 6.37. The van der Waals surface area contributed by atoms with E-state index in [1.54, 1.807) is 0 Å². The van der Waals surface area contributed by atoms with Gasteiger partial charge in [-0.25, -0.2) is 4.79 Å². The van der Waals surface area contributed by atoms with Crippen LogP contribution in [0.25, 0.3) is 0 Å². The fraction of sp³-hybridized carbons (Fsp3) is 0.533. The molecular formula is C15H21NO2. The lowest BCUT2D eigenvalue weighted by molar-refractivity contribution is 0.0600. The van der Waals surface area contributed by atoms with Gasteiger partial charge in [-0.1, -0.05) is 6.07 Å². The molecule has 3 heteroatoms. The quantitative estimate of drug-likeness (QED) is 0.714. The second-order valence-electron chi connectivity index (χ2n) is 5.82. The van der Waals surface area contributed by atoms with E-state index < -0.39 is 0 Å². The molecule has 1 aromatic carbocycles. The van der Waals surface area contributed by atoms with Gasteiger partial charge in [0.2, 0.25) is 0 Å². The molecule has 0 radical (unpaired) electrons. The third kappa shape index (κ3) is 2.56. The van der Waals surface area contributed by atoms with E-state index >= 15 is 0 Å². The Hall–Kier alpha value is -1.35. The summed E-state index contributed by atoms with van der Waals surface area (Å²) in [6.07, 6.45) is 0.997. The fourth-order valence-corrected chi connectivity index (χ4v) is 2.37. The minimum absolute atomic E-state index is 0.193. The van der Waals surface area contributed by atoms with Crippen molar-refractivity contribution in [2.24, 2.45) is 0 Å². The van der Waals surface area contributed by atoms with Gasteiger partial charge in [0, 0.05) is 18.6 Å². The summed E-state index contributed by atoms with van der Waals surface area (Å²) in [6, 6.07) is 5.89. The van der Waals surface area contributed by atoms with Crippen molar-refractivity contribution >= 4 is 5.97 Å². The summed E-state index contributed by atoms with van der Waals surface area (Å²) in [5, 5.41) is 0. The van der Waals surface area contributed by atoms with Gasteiger partial charge >= 0.3 is 5.97 Å². The van der Waals surface area contributed by atoms with E-state index in [1.807, 2.05) is 12.1 Å². The van der Waals surface area contributed by atoms with Gasteiger partial charge in [0.25, 0.3) is 0 Å². The topological polar surface area (TPSA) is 29.5 Å². The van der Waals surface area contributed by atoms with Crippen molar-refractivity contribution in [1.29, 1.82) is 0 Å². The minimum atomic E-state index is -0.254. The lowest BCUT2D eigenvalue weighted by Crippen LogP contribution is -2.44. The molecule has 0 N–H and O–H groups in total. The van der Waals surface area contributed by atoms with Crippen molar-refractivity contribution < 1.29 is 9.53 Å². The second-order valence-corrected chi connectivity index (χ2v) is 5.82. The first-order chi connectivity index (χ1) is 8.41. The third-order valence-corrected chi connectivity index (χ3v) is 3.59. The predicted octanol–water partition coefficient (Wildman–Crippen LogP) is 2.63. The van der Waals surface area contributed by atoms with Crippen molar-refractivity contribution in [3.63, 3.8) is 0 Å². The highest BCUT2D eigenvalue weighted by Crippen LogP contribution is 2.25. The van der Waals surface area contributed by atoms with Crippen molar-refractivity contribution in [3.8, 4) is 0 Å². The zero-order chi connectivity index (χ0) is 13.3. The van der Waals surface area contributed by atoms with Crippen LogP contribution in [0, 0.1) is 0 Å². The highest BCUT2D eigenvalue weighted by molar-refractivity contribution is 5.89. The van der Waals surface area contributed by atoms with Crippen LogP contribution in [0.5, 0.6) is 0 Å². The molecule has 1 aromatic rings. The predicted molar refractivity (Wildman–Crippen MR) is 71.6 cm³/mol. The molecule has 18 heavy (non-hydrogen) atoms. The maximum atomic E-state index is 11.5. The van der Waals surface area contributed by atoms with E-state index in [9.17, 15) is 4.79 Å². The van der Waals surface area contributed by atoms with E-state index in [0.29, 0.717) is 5.56 Å². The van der Waals surface area contributed by atoms with Crippen LogP contribution in [0.15, 0.2) is 18.2 Å². The highest BCUT2D eigenvalue weighted by Gasteiger charge is 2.25. The Bertz CT molecular complexity index is 460. The van der Waals surface area contributed by atoms with Gasteiger partial charge in [0.1, 0.15) is 0 Å². The Kier molecular flexibility index (Phi) is 3.44. The van der Waals surface area contributed by atoms with Crippen LogP contribution in [-0.4, -0.2) is 30.1 Å². The second kappa shape index (κ2) is 4.73. The van der Waals surface area contributed by atoms with Gasteiger partial charge < -0.3 is 4.74 Å². The minimum Gasteiger partial charge on any atom is -0.465 e. The Morgan fingerprint density at radius 3 is 2.61 bits per heavy atom. The smallest absolute Gasteiger partial charge is 0.337 e. The molecule has 0 saturated heterocycles. The molecule has 0 saturated carbocycles. The third-order valence-electron chi connectivity index (χ3n) is 3.59. The number of rotatable bonds is 1. The van der Waals surface area contributed by atoms with Gasteiger partial charge in [0.15, 0.2) is 0 Å². The summed E-state index contributed by atoms with van der Waals surface area (Å²) in [5.74, 6) is -0.254. The van der Waals surface area contributed by atoms with Crippen LogP contribution in [0.1, 0.15) is 42.3 Å². The van der Waals surface area contributed by atoms with Crippen LogP contribution >= 0.6 is 0 Å². The molecule has 0 unspecified atom stereocenters. The number of hydrogen-bond acceptors (Lipinski definition) is 3. The number of nitrogens with zero attached hydrogens (tertiary/aromatic N) is 1. The number of hydrogen-bond donors (Lipinski definition) is 0. The largest absolute Gasteiger partial charge is 0.465 e. The maximum absolute atomic E-state index is 11.5. The summed E-state index contributed by atoms with van der Waals surface area (Å²) >= 11 is 0. The molecule has 0 atom stereocenters. The molecule has 0 bridgehead atoms. The lowest BCUT2D eigenvalue weighted by Gasteiger charge is -2.39. The summed E-state index contributed by atoms with van der Waals surface area (Å²) < 4.78 is 4.75. The molecule has 3 nitrogen and oxygen atoms in total. The summed E-state index contributed by atoms with van der Waals surface area (Å²) in [6.45, 7) is 8.71. The van der Waals surface area contributed by atoms with E-state index in [-0.39, 0.29) is 11.5 Å². The Balaban J connectivity index is 2.23. The van der Waals surface area contributed by atoms with Crippen molar-refractivity contribution in [1.82, 2.24) is 4.90 Å². The van der Waals surface area contributed by atoms with E-state index in [4.69, 9.17) is 4.74 Å². The number of fused-ring (bicyclic) bond motifs is 1. The van der Waals surface area contributed by atoms with Crippen molar-refractivity contribution in [2.75, 3.05) is 13.7 Å². The van der Waals surface area contributed by atoms with Crippen LogP contribution in [-0.2, 0) is 17.7 Å². The van der Waals surface area contributed by atoms with Crippen LogP contribution in [0.3, 0.4) is 0 Å². The van der Waals surface area contributed by atoms with Gasteiger partial charge in [0.05, 0.1) is 12.7 Å². The Morgan fingerprint density at radius 1 is 1.28 bits per heavy atom. The number of carbonyl (C=O) groups excluding carboxylic acids is 1. The first-order valence-electron chi connectivity index (χ1n) is 6.37. The Labute approximate surface area is 109 Å². The lowest BCUT2D eigenvalue weighted by atomic mass is 9.94. The number of carbonyl (C=O) groups is 1. The average molecular weight is 247 g/mol. The SMILES string of the molecule is COC(=O)c1ccc2c(c1)CCN(C(C)(C)C)C2. The number of benzene rings is 1. The van der Waals surface area contributed by atoms with Gasteiger partial charge in [-0.3, -0.25) is 4.90 Å². The fourth-order valence-electron chi connectivity index (χ4n) is 2.37. The standard InChI is InChI=1S/C15H21NO2/c1-15(2,3)16-8-7-11-9-12(14(17)18-4)5-6-13(11)10-16/h5-6,9H,7-8,10H2,1-4H3. The average Bonchev–Trinajstić information content (AvgIpc) is 2.35. The highest BCUT2D eigenvalue weighted by atomic mass is 16.5. The molecule has 0 spiro atoms. The normalized spacial score (nSPS) is 16.2. The molecule has 98 valence electrons. The molecule has 0 aromatic heterocycles. The van der Waals surface area contributed by atoms with Crippen molar-refractivity contribution in [3.05, 3.63) is 34.9 Å². The number of ether oxygens (including phenoxy) is 1. The van der Waals surface area contributed by atoms with Crippen LogP contribution in [0.4, 0.5) is 0 Å². The molecular weight excluding hydrogens is 226 g/mol. The molecule has 1 aliphatic heterocycles. The van der Waals surface area contributed by atoms with Crippen LogP contribution in [0.2, 0.25) is 0 Å². The summed E-state index contributed by atoms with van der Waals surface area (Å²) in [4.78, 5) is 14.0. The molecule has 1 heterocycles. The molecule has 1 aliphatic rings. The van der Waals surface area contributed by atoms with E-state index in [0.717, 1.165) is 19.5 Å². The Morgan fingerprint density at radius 2 is 2.00 bits per heavy atom. The van der Waals surface area contributed by atoms with Gasteiger partial charge in [-0.2, -0.15) is 0 Å². The summed E-state index contributed by atoms with van der Waals surface area (Å²) in [7, 11) is 1.42.